The number of ether oxygens (including phenoxy) is 3. The Morgan fingerprint density at radius 3 is 2.67 bits per heavy atom. The van der Waals surface area contributed by atoms with Crippen LogP contribution in [0.5, 0.6) is 11.6 Å². The molecule has 1 saturated carbocycles. The number of carbonyl (C=O) groups is 3. The molecule has 1 saturated heterocycles. The smallest absolute Gasteiger partial charge is 0.408 e. The van der Waals surface area contributed by atoms with Crippen molar-refractivity contribution in [3.05, 3.63) is 29.8 Å². The van der Waals surface area contributed by atoms with Crippen molar-refractivity contribution in [3.63, 3.8) is 0 Å². The number of benzene rings is 1. The van der Waals surface area contributed by atoms with Crippen LogP contribution in [0.2, 0.25) is 0 Å². The van der Waals surface area contributed by atoms with E-state index in [-0.39, 0.29) is 18.4 Å². The largest absolute Gasteiger partial charge is 0.497 e. The van der Waals surface area contributed by atoms with E-state index in [0.29, 0.717) is 24.0 Å². The zero-order valence-electron chi connectivity index (χ0n) is 25.8. The number of aromatic nitrogens is 1. The van der Waals surface area contributed by atoms with Crippen molar-refractivity contribution in [2.45, 2.75) is 103 Å². The van der Waals surface area contributed by atoms with Gasteiger partial charge in [-0.15, -0.1) is 0 Å². The maximum absolute atomic E-state index is 14.1. The Balaban J connectivity index is 1.52. The first kappa shape index (κ1) is 30.1. The van der Waals surface area contributed by atoms with Gasteiger partial charge in [-0.2, -0.15) is 0 Å². The third kappa shape index (κ3) is 6.06. The number of amides is 2. The van der Waals surface area contributed by atoms with Crippen molar-refractivity contribution in [2.75, 3.05) is 13.7 Å². The number of nitrogens with one attached hydrogen (secondary N) is 1. The molecule has 2 aliphatic heterocycles. The first-order valence-corrected chi connectivity index (χ1v) is 15.4. The van der Waals surface area contributed by atoms with Crippen LogP contribution in [0.15, 0.2) is 24.3 Å². The first-order chi connectivity index (χ1) is 20.0. The van der Waals surface area contributed by atoms with Crippen molar-refractivity contribution in [3.8, 4) is 11.6 Å². The molecule has 2 amide bonds. The zero-order valence-corrected chi connectivity index (χ0v) is 25.8. The second kappa shape index (κ2) is 11.7. The van der Waals surface area contributed by atoms with E-state index in [0.717, 1.165) is 61.3 Å². The van der Waals surface area contributed by atoms with Crippen LogP contribution in [0.4, 0.5) is 4.79 Å². The van der Waals surface area contributed by atoms with Gasteiger partial charge in [-0.1, -0.05) is 40.5 Å². The van der Waals surface area contributed by atoms with Gasteiger partial charge in [-0.05, 0) is 62.6 Å². The van der Waals surface area contributed by atoms with Gasteiger partial charge in [-0.3, -0.25) is 4.79 Å². The average molecular weight is 580 g/mol. The minimum atomic E-state index is -0.870. The van der Waals surface area contributed by atoms with E-state index >= 15 is 0 Å². The number of hydrogen-bond acceptors (Lipinski definition) is 7. The highest BCUT2D eigenvalue weighted by Gasteiger charge is 2.54. The van der Waals surface area contributed by atoms with Gasteiger partial charge in [0.2, 0.25) is 11.8 Å². The maximum atomic E-state index is 14.1. The van der Waals surface area contributed by atoms with E-state index < -0.39 is 35.3 Å². The Labute approximate surface area is 248 Å². The number of methoxy groups -OCH3 is 1. The lowest BCUT2D eigenvalue weighted by Gasteiger charge is -2.35. The average Bonchev–Trinajstić information content (AvgIpc) is 3.43. The van der Waals surface area contributed by atoms with Crippen LogP contribution in [0.1, 0.15) is 78.7 Å². The van der Waals surface area contributed by atoms with Gasteiger partial charge >= 0.3 is 6.09 Å². The van der Waals surface area contributed by atoms with Crippen LogP contribution in [-0.2, 0) is 20.7 Å². The zero-order chi connectivity index (χ0) is 30.2. The van der Waals surface area contributed by atoms with E-state index in [1.807, 2.05) is 52.8 Å². The van der Waals surface area contributed by atoms with Crippen LogP contribution < -0.4 is 14.8 Å². The molecule has 3 aliphatic rings. The fraction of sp³-hybridized carbons (Fsp3) is 0.636. The number of carbonyl (C=O) groups excluding carboxylic acids is 3. The van der Waals surface area contributed by atoms with Gasteiger partial charge in [0.1, 0.15) is 29.8 Å². The molecule has 3 heterocycles. The third-order valence-corrected chi connectivity index (χ3v) is 9.43. The van der Waals surface area contributed by atoms with Crippen LogP contribution >= 0.6 is 0 Å². The lowest BCUT2D eigenvalue weighted by molar-refractivity contribution is -0.139. The van der Waals surface area contributed by atoms with Gasteiger partial charge in [0.25, 0.3) is 0 Å². The fourth-order valence-electron chi connectivity index (χ4n) is 6.69. The fourth-order valence-corrected chi connectivity index (χ4v) is 6.69. The third-order valence-electron chi connectivity index (χ3n) is 9.43. The number of pyridine rings is 1. The van der Waals surface area contributed by atoms with Crippen molar-refractivity contribution in [1.29, 1.82) is 0 Å². The Morgan fingerprint density at radius 1 is 1.19 bits per heavy atom. The summed E-state index contributed by atoms with van der Waals surface area (Å²) in [6.45, 7) is 9.91. The van der Waals surface area contributed by atoms with Crippen LogP contribution in [0.25, 0.3) is 10.9 Å². The molecule has 1 aromatic heterocycles. The highest BCUT2D eigenvalue weighted by molar-refractivity contribution is 5.89. The van der Waals surface area contributed by atoms with Gasteiger partial charge < -0.3 is 29.2 Å². The van der Waals surface area contributed by atoms with Gasteiger partial charge in [0, 0.05) is 28.9 Å². The van der Waals surface area contributed by atoms with Crippen LogP contribution in [0, 0.1) is 17.3 Å². The molecule has 0 unspecified atom stereocenters. The topological polar surface area (TPSA) is 107 Å². The molecule has 5 rings (SSSR count). The number of rotatable bonds is 3. The van der Waals surface area contributed by atoms with Crippen molar-refractivity contribution < 1.29 is 28.6 Å². The second-order valence-corrected chi connectivity index (χ2v) is 13.5. The molecule has 0 radical (unpaired) electrons. The summed E-state index contributed by atoms with van der Waals surface area (Å²) in [6, 6.07) is 6.43. The highest BCUT2D eigenvalue weighted by atomic mass is 16.6. The highest BCUT2D eigenvalue weighted by Crippen LogP contribution is 2.49. The molecule has 2 bridgehead atoms. The van der Waals surface area contributed by atoms with Crippen LogP contribution in [0.3, 0.4) is 0 Å². The first-order valence-electron chi connectivity index (χ1n) is 15.4. The number of nitrogens with zero attached hydrogens (tertiary/aromatic N) is 2. The lowest BCUT2D eigenvalue weighted by Crippen LogP contribution is -2.56. The summed E-state index contributed by atoms with van der Waals surface area (Å²) >= 11 is 0. The molecule has 42 heavy (non-hydrogen) atoms. The molecule has 9 heteroatoms. The number of aryl methyl sites for hydroxylation is 1. The van der Waals surface area contributed by atoms with E-state index in [2.05, 4.69) is 11.4 Å². The Bertz CT molecular complexity index is 1340. The molecule has 6 atom stereocenters. The summed E-state index contributed by atoms with van der Waals surface area (Å²) in [5.41, 5.74) is 0.671. The molecule has 2 aromatic rings. The van der Waals surface area contributed by atoms with Gasteiger partial charge in [0.05, 0.1) is 25.2 Å². The number of fused-ring (bicyclic) bond motifs is 5. The van der Waals surface area contributed by atoms with E-state index in [1.165, 1.54) is 0 Å². The normalized spacial score (nSPS) is 30.6. The molecule has 0 spiro atoms. The summed E-state index contributed by atoms with van der Waals surface area (Å²) in [6.07, 6.45) is 6.14. The molecular formula is C33H45N3O6. The molecule has 228 valence electrons. The molecular weight excluding hydrogens is 534 g/mol. The van der Waals surface area contributed by atoms with E-state index in [1.54, 1.807) is 12.0 Å². The second-order valence-electron chi connectivity index (χ2n) is 13.5. The molecule has 9 nitrogen and oxygen atoms in total. The molecule has 1 aliphatic carbocycles. The van der Waals surface area contributed by atoms with Crippen molar-refractivity contribution in [2.24, 2.45) is 17.3 Å². The van der Waals surface area contributed by atoms with Crippen LogP contribution in [-0.4, -0.2) is 65.6 Å². The minimum Gasteiger partial charge on any atom is -0.497 e. The minimum absolute atomic E-state index is 0.220. The standard InChI is InChI=1S/C33H45N3O6/c1-7-24-26(19-37)36-18-27(24)41-29-21(15-20-13-14-23(40-6)16-25(20)34-29)11-9-8-10-12-22-17-33(22,5)42-31(39)35-28(30(36)38)32(2,3)4/h13-16,19,22,24,26-28H,7-12,17-18H2,1-6H3,(H,35,39)/t22-,24+,26-,27+,28-,33-/m1/s1. The monoisotopic (exact) mass is 579 g/mol. The van der Waals surface area contributed by atoms with Crippen molar-refractivity contribution >= 4 is 29.2 Å². The number of hydrogen-bond donors (Lipinski definition) is 1. The number of aldehydes is 1. The SMILES string of the molecule is CC[C@@H]1[C@@H]2CN(C(=O)[C@H](C(C)(C)C)NC(=O)O[C@]3(C)C[C@H]3CCCCCc3cc4ccc(OC)cc4nc3O2)[C@@H]1C=O. The summed E-state index contributed by atoms with van der Waals surface area (Å²) in [4.78, 5) is 46.2. The molecule has 2 fully saturated rings. The summed E-state index contributed by atoms with van der Waals surface area (Å²) in [5, 5.41) is 3.88. The van der Waals surface area contributed by atoms with E-state index in [4.69, 9.17) is 19.2 Å². The summed E-state index contributed by atoms with van der Waals surface area (Å²) < 4.78 is 18.0. The lowest BCUT2D eigenvalue weighted by atomic mass is 9.85. The maximum Gasteiger partial charge on any atom is 0.408 e. The quantitative estimate of drug-likeness (QED) is 0.481. The predicted molar refractivity (Wildman–Crippen MR) is 160 cm³/mol. The van der Waals surface area contributed by atoms with E-state index in [9.17, 15) is 14.4 Å². The van der Waals surface area contributed by atoms with Crippen molar-refractivity contribution in [1.82, 2.24) is 15.2 Å². The Hall–Kier alpha value is -3.36. The predicted octanol–water partition coefficient (Wildman–Crippen LogP) is 5.46. The molecule has 1 N–H and O–H groups in total. The van der Waals surface area contributed by atoms with Gasteiger partial charge in [0.15, 0.2) is 0 Å². The Kier molecular flexibility index (Phi) is 8.41. The molecule has 1 aromatic carbocycles. The summed E-state index contributed by atoms with van der Waals surface area (Å²) in [7, 11) is 1.63. The summed E-state index contributed by atoms with van der Waals surface area (Å²) in [5.74, 6) is 1.04. The number of alkyl carbamates (subject to hydrolysis) is 1. The van der Waals surface area contributed by atoms with Gasteiger partial charge in [-0.25, -0.2) is 9.78 Å². The Morgan fingerprint density at radius 2 is 1.98 bits per heavy atom.